The van der Waals surface area contributed by atoms with Gasteiger partial charge in [0.05, 0.1) is 5.22 Å². The van der Waals surface area contributed by atoms with Crippen molar-refractivity contribution in [1.29, 1.82) is 0 Å². The standard InChI is InChI=1S/C6H7N3O/c7-8-9(10)6-4-2-1-3-5-6/h1-5H,7H2/b9-8-. The Balaban J connectivity index is 2.96. The van der Waals surface area contributed by atoms with E-state index in [1.165, 1.54) is 0 Å². The molecule has 0 spiro atoms. The van der Waals surface area contributed by atoms with Crippen LogP contribution in [0.2, 0.25) is 0 Å². The van der Waals surface area contributed by atoms with E-state index in [2.05, 4.69) is 5.22 Å². The molecular weight excluding hydrogens is 130 g/mol. The van der Waals surface area contributed by atoms with Gasteiger partial charge < -0.3 is 5.21 Å². The van der Waals surface area contributed by atoms with E-state index in [0.717, 1.165) is 0 Å². The highest BCUT2D eigenvalue weighted by Crippen LogP contribution is 2.07. The van der Waals surface area contributed by atoms with Crippen molar-refractivity contribution in [3.63, 3.8) is 0 Å². The van der Waals surface area contributed by atoms with E-state index in [1.54, 1.807) is 24.3 Å². The van der Waals surface area contributed by atoms with Crippen LogP contribution in [-0.2, 0) is 0 Å². The van der Waals surface area contributed by atoms with E-state index in [0.29, 0.717) is 10.5 Å². The van der Waals surface area contributed by atoms with Gasteiger partial charge in [0, 0.05) is 0 Å². The molecule has 0 unspecified atom stereocenters. The fourth-order valence-corrected chi connectivity index (χ4v) is 0.622. The molecule has 0 aromatic heterocycles. The number of nitrogens with zero attached hydrogens (tertiary/aromatic N) is 2. The number of para-hydroxylation sites is 1. The van der Waals surface area contributed by atoms with Crippen LogP contribution < -0.4 is 5.84 Å². The fraction of sp³-hybridized carbons (Fsp3) is 0. The number of rotatable bonds is 1. The lowest BCUT2D eigenvalue weighted by atomic mass is 10.3. The molecule has 4 heteroatoms. The van der Waals surface area contributed by atoms with Gasteiger partial charge in [-0.25, -0.2) is 0 Å². The van der Waals surface area contributed by atoms with Crippen molar-refractivity contribution in [1.82, 2.24) is 0 Å². The summed E-state index contributed by atoms with van der Waals surface area (Å²) >= 11 is 0. The molecule has 1 rings (SSSR count). The highest BCUT2D eigenvalue weighted by Gasteiger charge is 1.90. The van der Waals surface area contributed by atoms with Gasteiger partial charge in [-0.15, -0.1) is 4.86 Å². The van der Waals surface area contributed by atoms with Gasteiger partial charge in [0.2, 0.25) is 0 Å². The van der Waals surface area contributed by atoms with E-state index in [4.69, 9.17) is 5.84 Å². The normalized spacial score (nSPS) is 11.4. The van der Waals surface area contributed by atoms with Gasteiger partial charge >= 0.3 is 0 Å². The largest absolute Gasteiger partial charge is 0.691 e. The topological polar surface area (TPSA) is 64.4 Å². The quantitative estimate of drug-likeness (QED) is 0.273. The van der Waals surface area contributed by atoms with Gasteiger partial charge in [0.1, 0.15) is 0 Å². The maximum atomic E-state index is 10.6. The highest BCUT2D eigenvalue weighted by molar-refractivity contribution is 5.27. The first-order valence-electron chi connectivity index (χ1n) is 2.78. The van der Waals surface area contributed by atoms with E-state index >= 15 is 0 Å². The second-order valence-electron chi connectivity index (χ2n) is 1.72. The summed E-state index contributed by atoms with van der Waals surface area (Å²) in [6.07, 6.45) is 0. The minimum atomic E-state index is 0.361. The van der Waals surface area contributed by atoms with Crippen molar-refractivity contribution in [2.75, 3.05) is 0 Å². The monoisotopic (exact) mass is 137 g/mol. The lowest BCUT2D eigenvalue weighted by molar-refractivity contribution is -0.443. The number of hydrogen-bond donors (Lipinski definition) is 1. The third kappa shape index (κ3) is 1.22. The lowest BCUT2D eigenvalue weighted by Gasteiger charge is -2.01. The molecule has 0 bridgehead atoms. The van der Waals surface area contributed by atoms with Gasteiger partial charge in [-0.3, -0.25) is 0 Å². The van der Waals surface area contributed by atoms with Crippen LogP contribution in [0.25, 0.3) is 0 Å². The van der Waals surface area contributed by atoms with Crippen LogP contribution >= 0.6 is 0 Å². The summed E-state index contributed by atoms with van der Waals surface area (Å²) < 4.78 is 0. The first-order valence-corrected chi connectivity index (χ1v) is 2.78. The Labute approximate surface area is 58.1 Å². The third-order valence-electron chi connectivity index (χ3n) is 1.08. The SMILES string of the molecule is N/N=[N+](\[O-])c1ccccc1. The van der Waals surface area contributed by atoms with Crippen LogP contribution in [0, 0.1) is 5.21 Å². The molecule has 0 radical (unpaired) electrons. The molecule has 0 amide bonds. The van der Waals surface area contributed by atoms with Crippen molar-refractivity contribution < 1.29 is 4.86 Å². The van der Waals surface area contributed by atoms with Crippen LogP contribution in [0.3, 0.4) is 0 Å². The van der Waals surface area contributed by atoms with Gasteiger partial charge in [-0.1, -0.05) is 18.2 Å². The molecule has 1 aromatic rings. The Morgan fingerprint density at radius 2 is 1.90 bits per heavy atom. The zero-order chi connectivity index (χ0) is 7.40. The minimum Gasteiger partial charge on any atom is -0.691 e. The molecule has 4 nitrogen and oxygen atoms in total. The Hall–Kier alpha value is -1.58. The van der Waals surface area contributed by atoms with Crippen molar-refractivity contribution >= 4 is 5.69 Å². The molecule has 2 N–H and O–H groups in total. The molecule has 0 fully saturated rings. The molecule has 1 aromatic carbocycles. The van der Waals surface area contributed by atoms with Crippen molar-refractivity contribution in [2.45, 2.75) is 0 Å². The molecule has 10 heavy (non-hydrogen) atoms. The predicted molar refractivity (Wildman–Crippen MR) is 36.3 cm³/mol. The van der Waals surface area contributed by atoms with E-state index in [-0.39, 0.29) is 0 Å². The summed E-state index contributed by atoms with van der Waals surface area (Å²) in [6.45, 7) is 0. The van der Waals surface area contributed by atoms with E-state index < -0.39 is 0 Å². The number of hydrogen-bond acceptors (Lipinski definition) is 2. The molecule has 0 aliphatic heterocycles. The van der Waals surface area contributed by atoms with Crippen LogP contribution in [0.15, 0.2) is 35.6 Å². The second-order valence-corrected chi connectivity index (χ2v) is 1.72. The third-order valence-corrected chi connectivity index (χ3v) is 1.08. The maximum Gasteiger partial charge on any atom is 0.154 e. The number of nitrogens with two attached hydrogens (primary N) is 1. The summed E-state index contributed by atoms with van der Waals surface area (Å²) in [6, 6.07) is 8.55. The zero-order valence-electron chi connectivity index (χ0n) is 5.27. The highest BCUT2D eigenvalue weighted by atomic mass is 16.5. The number of benzene rings is 1. The predicted octanol–water partition coefficient (Wildman–Crippen LogP) is 1.15. The van der Waals surface area contributed by atoms with Crippen LogP contribution in [0.5, 0.6) is 0 Å². The maximum absolute atomic E-state index is 10.6. The molecule has 0 saturated carbocycles. The van der Waals surface area contributed by atoms with Crippen LogP contribution in [-0.4, -0.2) is 4.86 Å². The first-order chi connectivity index (χ1) is 4.84. The Morgan fingerprint density at radius 1 is 1.30 bits per heavy atom. The fourth-order valence-electron chi connectivity index (χ4n) is 0.622. The average molecular weight is 137 g/mol. The van der Waals surface area contributed by atoms with Crippen molar-refractivity contribution in [3.05, 3.63) is 35.5 Å². The summed E-state index contributed by atoms with van der Waals surface area (Å²) in [5.74, 6) is 4.74. The molecule has 0 aliphatic carbocycles. The Morgan fingerprint density at radius 3 is 2.40 bits per heavy atom. The average Bonchev–Trinajstić information content (AvgIpc) is 2.05. The van der Waals surface area contributed by atoms with E-state index in [1.807, 2.05) is 6.07 Å². The minimum absolute atomic E-state index is 0.361. The Bertz CT molecular complexity index is 232. The second kappa shape index (κ2) is 2.82. The van der Waals surface area contributed by atoms with Gasteiger partial charge in [0.15, 0.2) is 5.69 Å². The van der Waals surface area contributed by atoms with Gasteiger partial charge in [-0.05, 0) is 12.1 Å². The van der Waals surface area contributed by atoms with E-state index in [9.17, 15) is 5.21 Å². The summed E-state index contributed by atoms with van der Waals surface area (Å²) in [7, 11) is 0. The van der Waals surface area contributed by atoms with Crippen LogP contribution in [0.4, 0.5) is 5.69 Å². The van der Waals surface area contributed by atoms with Crippen LogP contribution in [0.1, 0.15) is 0 Å². The molecule has 0 aliphatic rings. The van der Waals surface area contributed by atoms with Crippen molar-refractivity contribution in [3.8, 4) is 0 Å². The molecular formula is C6H7N3O. The summed E-state index contributed by atoms with van der Waals surface area (Å²) in [5, 5.41) is 13.6. The smallest absolute Gasteiger partial charge is 0.154 e. The molecule has 0 saturated heterocycles. The van der Waals surface area contributed by atoms with Gasteiger partial charge in [-0.2, -0.15) is 5.84 Å². The summed E-state index contributed by atoms with van der Waals surface area (Å²) in [5.41, 5.74) is 0.435. The first kappa shape index (κ1) is 6.54. The molecule has 52 valence electrons. The van der Waals surface area contributed by atoms with Gasteiger partial charge in [0.25, 0.3) is 0 Å². The molecule has 0 heterocycles. The Kier molecular flexibility index (Phi) is 1.84. The lowest BCUT2D eigenvalue weighted by Crippen LogP contribution is -1.94. The molecule has 0 atom stereocenters. The summed E-state index contributed by atoms with van der Waals surface area (Å²) in [4.78, 5) is 0.361. The zero-order valence-corrected chi connectivity index (χ0v) is 5.27. The van der Waals surface area contributed by atoms with Crippen molar-refractivity contribution in [2.24, 2.45) is 11.1 Å².